The molecular weight excluding hydrogens is 465 g/mol. The zero-order valence-electron chi connectivity index (χ0n) is 20.0. The molecule has 0 saturated carbocycles. The Labute approximate surface area is 205 Å². The first-order valence-corrected chi connectivity index (χ1v) is 11.9. The third-order valence-corrected chi connectivity index (χ3v) is 6.63. The van der Waals surface area contributed by atoms with Crippen LogP contribution < -0.4 is 16.2 Å². The molecular formula is C25H26FN7O3. The molecule has 0 bridgehead atoms. The lowest BCUT2D eigenvalue weighted by atomic mass is 9.97. The van der Waals surface area contributed by atoms with Crippen LogP contribution in [0.3, 0.4) is 0 Å². The Morgan fingerprint density at radius 1 is 1.19 bits per heavy atom. The number of rotatable bonds is 5. The van der Waals surface area contributed by atoms with Gasteiger partial charge < -0.3 is 20.5 Å². The van der Waals surface area contributed by atoms with Crippen molar-refractivity contribution in [2.75, 3.05) is 25.1 Å². The van der Waals surface area contributed by atoms with Gasteiger partial charge in [0.2, 0.25) is 5.95 Å². The van der Waals surface area contributed by atoms with Crippen LogP contribution in [0.15, 0.2) is 41.3 Å². The normalized spacial score (nSPS) is 16.7. The molecule has 3 aromatic heterocycles. The summed E-state index contributed by atoms with van der Waals surface area (Å²) >= 11 is 0. The van der Waals surface area contributed by atoms with Gasteiger partial charge in [0.05, 0.1) is 13.2 Å². The van der Waals surface area contributed by atoms with Crippen molar-refractivity contribution in [3.8, 4) is 5.82 Å². The number of hydrogen-bond donors (Lipinski definition) is 3. The summed E-state index contributed by atoms with van der Waals surface area (Å²) in [6, 6.07) is 8.59. The van der Waals surface area contributed by atoms with E-state index in [-0.39, 0.29) is 36.3 Å². The Kier molecular flexibility index (Phi) is 5.36. The van der Waals surface area contributed by atoms with E-state index in [0.29, 0.717) is 17.0 Å². The van der Waals surface area contributed by atoms with Gasteiger partial charge in [0, 0.05) is 24.5 Å². The number of fused-ring (bicyclic) bond motifs is 2. The van der Waals surface area contributed by atoms with Gasteiger partial charge in [0.15, 0.2) is 17.1 Å². The Bertz CT molecular complexity index is 1540. The van der Waals surface area contributed by atoms with E-state index in [2.05, 4.69) is 37.7 Å². The molecule has 0 atom stereocenters. The SMILES string of the molecule is CC(C)n1c(=O)c2cnc(Nc3ccc4c(c3)CCNC4)nc2n1-c1ccc(F)c(C2(O)COC2)n1. The summed E-state index contributed by atoms with van der Waals surface area (Å²) in [5.74, 6) is -0.0584. The molecule has 1 saturated heterocycles. The van der Waals surface area contributed by atoms with Crippen LogP contribution in [0.25, 0.3) is 16.9 Å². The van der Waals surface area contributed by atoms with Crippen molar-refractivity contribution in [2.24, 2.45) is 0 Å². The van der Waals surface area contributed by atoms with Crippen LogP contribution in [-0.2, 0) is 23.3 Å². The number of ether oxygens (including phenoxy) is 1. The minimum atomic E-state index is -1.50. The van der Waals surface area contributed by atoms with Crippen LogP contribution in [0.1, 0.15) is 36.7 Å². The highest BCUT2D eigenvalue weighted by Crippen LogP contribution is 2.31. The number of halogens is 1. The predicted octanol–water partition coefficient (Wildman–Crippen LogP) is 2.30. The molecule has 2 aliphatic rings. The number of hydrogen-bond acceptors (Lipinski definition) is 8. The molecule has 1 aromatic carbocycles. The van der Waals surface area contributed by atoms with E-state index in [0.717, 1.165) is 25.2 Å². The maximum Gasteiger partial charge on any atom is 0.278 e. The third kappa shape index (κ3) is 3.67. The molecule has 186 valence electrons. The monoisotopic (exact) mass is 491 g/mol. The second-order valence-electron chi connectivity index (χ2n) is 9.55. The van der Waals surface area contributed by atoms with E-state index < -0.39 is 11.4 Å². The van der Waals surface area contributed by atoms with Crippen molar-refractivity contribution < 1.29 is 14.2 Å². The zero-order chi connectivity index (χ0) is 25.0. The number of benzene rings is 1. The number of nitrogens with zero attached hydrogens (tertiary/aromatic N) is 5. The number of pyridine rings is 1. The highest BCUT2D eigenvalue weighted by Gasteiger charge is 2.42. The van der Waals surface area contributed by atoms with Crippen molar-refractivity contribution in [3.63, 3.8) is 0 Å². The number of anilines is 2. The van der Waals surface area contributed by atoms with Crippen molar-refractivity contribution >= 4 is 22.7 Å². The molecule has 0 amide bonds. The molecule has 0 unspecified atom stereocenters. The van der Waals surface area contributed by atoms with Gasteiger partial charge >= 0.3 is 0 Å². The Morgan fingerprint density at radius 3 is 2.78 bits per heavy atom. The smallest absolute Gasteiger partial charge is 0.278 e. The molecule has 3 N–H and O–H groups in total. The highest BCUT2D eigenvalue weighted by molar-refractivity contribution is 5.77. The third-order valence-electron chi connectivity index (χ3n) is 6.63. The summed E-state index contributed by atoms with van der Waals surface area (Å²) in [4.78, 5) is 26.7. The number of nitrogens with one attached hydrogen (secondary N) is 2. The quantitative estimate of drug-likeness (QED) is 0.389. The predicted molar refractivity (Wildman–Crippen MR) is 131 cm³/mol. The lowest BCUT2D eigenvalue weighted by Crippen LogP contribution is -2.48. The van der Waals surface area contributed by atoms with Crippen molar-refractivity contribution in [1.29, 1.82) is 0 Å². The summed E-state index contributed by atoms with van der Waals surface area (Å²) in [7, 11) is 0. The average Bonchev–Trinajstić information content (AvgIpc) is 3.14. The van der Waals surface area contributed by atoms with Crippen LogP contribution >= 0.6 is 0 Å². The molecule has 6 rings (SSSR count). The zero-order valence-corrected chi connectivity index (χ0v) is 20.0. The lowest BCUT2D eigenvalue weighted by Gasteiger charge is -2.35. The maximum atomic E-state index is 14.6. The van der Waals surface area contributed by atoms with E-state index in [1.165, 1.54) is 34.1 Å². The first-order chi connectivity index (χ1) is 17.3. The van der Waals surface area contributed by atoms with Gasteiger partial charge in [-0.1, -0.05) is 6.07 Å². The molecule has 11 heteroatoms. The van der Waals surface area contributed by atoms with Gasteiger partial charge in [-0.25, -0.2) is 23.7 Å². The molecule has 2 aliphatic heterocycles. The standard InChI is InChI=1S/C25H26FN7O3/c1-14(2)32-23(34)18-11-28-24(29-17-4-3-16-10-27-8-7-15(16)9-17)31-22(18)33(32)20-6-5-19(26)21(30-20)25(35)12-36-13-25/h3-6,9,11,14,27,35H,7-8,10,12-13H2,1-2H3,(H,28,29,31). The second kappa shape index (κ2) is 8.47. The van der Waals surface area contributed by atoms with Crippen molar-refractivity contribution in [3.05, 3.63) is 69.5 Å². The Hall–Kier alpha value is -3.67. The van der Waals surface area contributed by atoms with Gasteiger partial charge in [-0.05, 0) is 62.2 Å². The minimum absolute atomic E-state index is 0.0448. The fraction of sp³-hybridized carbons (Fsp3) is 0.360. The van der Waals surface area contributed by atoms with Crippen LogP contribution in [0, 0.1) is 5.82 Å². The van der Waals surface area contributed by atoms with E-state index in [1.807, 2.05) is 19.9 Å². The van der Waals surface area contributed by atoms with Crippen LogP contribution in [0.5, 0.6) is 0 Å². The average molecular weight is 492 g/mol. The molecule has 0 aliphatic carbocycles. The van der Waals surface area contributed by atoms with Crippen molar-refractivity contribution in [1.82, 2.24) is 29.6 Å². The fourth-order valence-corrected chi connectivity index (χ4v) is 4.74. The van der Waals surface area contributed by atoms with E-state index in [1.54, 1.807) is 4.68 Å². The molecule has 4 aromatic rings. The maximum absolute atomic E-state index is 14.6. The lowest BCUT2D eigenvalue weighted by molar-refractivity contribution is -0.188. The minimum Gasteiger partial charge on any atom is -0.379 e. The molecule has 10 nitrogen and oxygen atoms in total. The van der Waals surface area contributed by atoms with Crippen LogP contribution in [0.4, 0.5) is 16.0 Å². The van der Waals surface area contributed by atoms with Crippen molar-refractivity contribution in [2.45, 2.75) is 38.5 Å². The second-order valence-corrected chi connectivity index (χ2v) is 9.55. The van der Waals surface area contributed by atoms with Gasteiger partial charge in [-0.3, -0.25) is 4.79 Å². The van der Waals surface area contributed by atoms with Gasteiger partial charge in [0.1, 0.15) is 16.9 Å². The number of aromatic nitrogens is 5. The van der Waals surface area contributed by atoms with Crippen LogP contribution in [-0.4, -0.2) is 49.2 Å². The largest absolute Gasteiger partial charge is 0.379 e. The topological polar surface area (TPSA) is 119 Å². The molecule has 1 fully saturated rings. The highest BCUT2D eigenvalue weighted by atomic mass is 19.1. The van der Waals surface area contributed by atoms with Crippen LogP contribution in [0.2, 0.25) is 0 Å². The summed E-state index contributed by atoms with van der Waals surface area (Å²) < 4.78 is 22.8. The fourth-order valence-electron chi connectivity index (χ4n) is 4.74. The Morgan fingerprint density at radius 2 is 2.03 bits per heavy atom. The van der Waals surface area contributed by atoms with E-state index in [4.69, 9.17) is 4.74 Å². The molecule has 5 heterocycles. The molecule has 0 radical (unpaired) electrons. The van der Waals surface area contributed by atoms with Gasteiger partial charge in [-0.15, -0.1) is 0 Å². The van der Waals surface area contributed by atoms with E-state index in [9.17, 15) is 14.3 Å². The summed E-state index contributed by atoms with van der Waals surface area (Å²) in [6.07, 6.45) is 2.43. The Balaban J connectivity index is 1.47. The van der Waals surface area contributed by atoms with Gasteiger partial charge in [-0.2, -0.15) is 4.98 Å². The molecule has 36 heavy (non-hydrogen) atoms. The summed E-state index contributed by atoms with van der Waals surface area (Å²) in [5, 5.41) is 17.6. The molecule has 0 spiro atoms. The summed E-state index contributed by atoms with van der Waals surface area (Å²) in [5.41, 5.74) is 1.80. The first-order valence-electron chi connectivity index (χ1n) is 11.9. The van der Waals surface area contributed by atoms with E-state index >= 15 is 0 Å². The van der Waals surface area contributed by atoms with Gasteiger partial charge in [0.25, 0.3) is 5.56 Å². The number of aliphatic hydroxyl groups is 1. The first kappa shape index (κ1) is 22.8. The summed E-state index contributed by atoms with van der Waals surface area (Å²) in [6.45, 7) is 5.42.